The smallest absolute Gasteiger partial charge is 0.255 e. The van der Waals surface area contributed by atoms with Crippen molar-refractivity contribution in [3.8, 4) is 0 Å². The summed E-state index contributed by atoms with van der Waals surface area (Å²) in [5, 5.41) is 4.79. The SMILES string of the molecule is CCCC=C/C(=C\OC)C(=O)NC1CCC(=O)NC1=O. The van der Waals surface area contributed by atoms with E-state index in [2.05, 4.69) is 10.6 Å². The van der Waals surface area contributed by atoms with Crippen LogP contribution < -0.4 is 10.6 Å². The maximum atomic E-state index is 12.0. The highest BCUT2D eigenvalue weighted by Gasteiger charge is 2.28. The van der Waals surface area contributed by atoms with Gasteiger partial charge in [0.05, 0.1) is 18.9 Å². The van der Waals surface area contributed by atoms with Crippen molar-refractivity contribution in [1.82, 2.24) is 10.6 Å². The van der Waals surface area contributed by atoms with Gasteiger partial charge in [0.15, 0.2) is 0 Å². The molecule has 2 N–H and O–H groups in total. The summed E-state index contributed by atoms with van der Waals surface area (Å²) in [5.41, 5.74) is 0.339. The quantitative estimate of drug-likeness (QED) is 0.326. The average molecular weight is 280 g/mol. The van der Waals surface area contributed by atoms with Gasteiger partial charge in [-0.1, -0.05) is 25.5 Å². The molecule has 0 bridgehead atoms. The summed E-state index contributed by atoms with van der Waals surface area (Å²) >= 11 is 0. The van der Waals surface area contributed by atoms with E-state index < -0.39 is 17.9 Å². The van der Waals surface area contributed by atoms with Crippen molar-refractivity contribution in [2.24, 2.45) is 0 Å². The molecule has 0 aliphatic carbocycles. The van der Waals surface area contributed by atoms with Crippen LogP contribution in [0.2, 0.25) is 0 Å². The highest BCUT2D eigenvalue weighted by Crippen LogP contribution is 2.07. The number of imide groups is 1. The molecule has 1 heterocycles. The van der Waals surface area contributed by atoms with E-state index in [0.29, 0.717) is 12.0 Å². The number of unbranched alkanes of at least 4 members (excludes halogenated alkanes) is 1. The summed E-state index contributed by atoms with van der Waals surface area (Å²) in [6.07, 6.45) is 7.23. The summed E-state index contributed by atoms with van der Waals surface area (Å²) in [4.78, 5) is 34.6. The minimum Gasteiger partial charge on any atom is -0.504 e. The number of hydrogen-bond acceptors (Lipinski definition) is 4. The van der Waals surface area contributed by atoms with Crippen LogP contribution in [-0.4, -0.2) is 30.9 Å². The van der Waals surface area contributed by atoms with Gasteiger partial charge in [0.2, 0.25) is 11.8 Å². The van der Waals surface area contributed by atoms with Crippen LogP contribution in [0.1, 0.15) is 32.6 Å². The minimum atomic E-state index is -0.681. The van der Waals surface area contributed by atoms with Crippen LogP contribution in [0.3, 0.4) is 0 Å². The van der Waals surface area contributed by atoms with Crippen molar-refractivity contribution in [3.05, 3.63) is 24.0 Å². The molecule has 110 valence electrons. The maximum Gasteiger partial charge on any atom is 0.255 e. The third-order valence-electron chi connectivity index (χ3n) is 2.80. The second-order valence-electron chi connectivity index (χ2n) is 4.48. The lowest BCUT2D eigenvalue weighted by molar-refractivity contribution is -0.136. The molecule has 6 heteroatoms. The average Bonchev–Trinajstić information content (AvgIpc) is 2.41. The summed E-state index contributed by atoms with van der Waals surface area (Å²) in [5.74, 6) is -1.17. The molecule has 0 aromatic heterocycles. The van der Waals surface area contributed by atoms with Gasteiger partial charge < -0.3 is 10.1 Å². The van der Waals surface area contributed by atoms with Gasteiger partial charge in [-0.15, -0.1) is 0 Å². The molecule has 20 heavy (non-hydrogen) atoms. The number of nitrogens with one attached hydrogen (secondary N) is 2. The fourth-order valence-electron chi connectivity index (χ4n) is 1.75. The van der Waals surface area contributed by atoms with Crippen LogP contribution >= 0.6 is 0 Å². The fourth-order valence-corrected chi connectivity index (χ4v) is 1.75. The Morgan fingerprint density at radius 3 is 2.85 bits per heavy atom. The van der Waals surface area contributed by atoms with Gasteiger partial charge in [-0.05, 0) is 12.8 Å². The van der Waals surface area contributed by atoms with Gasteiger partial charge in [-0.3, -0.25) is 19.7 Å². The molecular formula is C14H20N2O4. The van der Waals surface area contributed by atoms with Crippen LogP contribution in [0.4, 0.5) is 0 Å². The number of allylic oxidation sites excluding steroid dienone is 1. The highest BCUT2D eigenvalue weighted by molar-refractivity contribution is 6.04. The number of hydrogen-bond donors (Lipinski definition) is 2. The molecule has 1 saturated heterocycles. The first-order valence-corrected chi connectivity index (χ1v) is 6.62. The van der Waals surface area contributed by atoms with Gasteiger partial charge in [0.1, 0.15) is 6.04 Å². The van der Waals surface area contributed by atoms with E-state index in [-0.39, 0.29) is 12.3 Å². The summed E-state index contributed by atoms with van der Waals surface area (Å²) < 4.78 is 4.86. The lowest BCUT2D eigenvalue weighted by Crippen LogP contribution is -2.52. The first-order valence-electron chi connectivity index (χ1n) is 6.62. The number of rotatable bonds is 6. The third-order valence-corrected chi connectivity index (χ3v) is 2.80. The summed E-state index contributed by atoms with van der Waals surface area (Å²) in [7, 11) is 1.45. The second-order valence-corrected chi connectivity index (χ2v) is 4.48. The van der Waals surface area contributed by atoms with E-state index in [0.717, 1.165) is 12.8 Å². The number of ether oxygens (including phenoxy) is 1. The zero-order valence-electron chi connectivity index (χ0n) is 11.8. The molecule has 0 saturated carbocycles. The van der Waals surface area contributed by atoms with Gasteiger partial charge in [0.25, 0.3) is 5.91 Å². The number of methoxy groups -OCH3 is 1. The van der Waals surface area contributed by atoms with Gasteiger partial charge in [-0.2, -0.15) is 0 Å². The van der Waals surface area contributed by atoms with Gasteiger partial charge in [0, 0.05) is 6.42 Å². The first-order chi connectivity index (χ1) is 9.58. The topological polar surface area (TPSA) is 84.5 Å². The third kappa shape index (κ3) is 4.87. The van der Waals surface area contributed by atoms with E-state index >= 15 is 0 Å². The molecule has 3 amide bonds. The molecule has 0 aromatic carbocycles. The number of amides is 3. The minimum absolute atomic E-state index is 0.228. The predicted molar refractivity (Wildman–Crippen MR) is 73.5 cm³/mol. The van der Waals surface area contributed by atoms with Crippen molar-refractivity contribution in [2.45, 2.75) is 38.6 Å². The summed E-state index contributed by atoms with van der Waals surface area (Å²) in [6.45, 7) is 2.04. The number of piperidine rings is 1. The van der Waals surface area contributed by atoms with Crippen LogP contribution in [0.15, 0.2) is 24.0 Å². The molecule has 1 fully saturated rings. The largest absolute Gasteiger partial charge is 0.504 e. The number of carbonyl (C=O) groups is 3. The van der Waals surface area contributed by atoms with Crippen LogP contribution in [0.25, 0.3) is 0 Å². The highest BCUT2D eigenvalue weighted by atomic mass is 16.5. The molecule has 1 atom stereocenters. The predicted octanol–water partition coefficient (Wildman–Crippen LogP) is 0.794. The van der Waals surface area contributed by atoms with Crippen molar-refractivity contribution in [3.63, 3.8) is 0 Å². The lowest BCUT2D eigenvalue weighted by atomic mass is 10.1. The first kappa shape index (κ1) is 15.9. The Kier molecular flexibility index (Phi) is 6.49. The molecule has 6 nitrogen and oxygen atoms in total. The van der Waals surface area contributed by atoms with E-state index in [1.165, 1.54) is 13.4 Å². The van der Waals surface area contributed by atoms with Crippen molar-refractivity contribution >= 4 is 17.7 Å². The second kappa shape index (κ2) is 8.14. The Morgan fingerprint density at radius 1 is 1.50 bits per heavy atom. The molecular weight excluding hydrogens is 260 g/mol. The van der Waals surface area contributed by atoms with Gasteiger partial charge in [-0.25, -0.2) is 0 Å². The molecule has 0 spiro atoms. The van der Waals surface area contributed by atoms with E-state index in [9.17, 15) is 14.4 Å². The van der Waals surface area contributed by atoms with Crippen LogP contribution in [0, 0.1) is 0 Å². The summed E-state index contributed by atoms with van der Waals surface area (Å²) in [6, 6.07) is -0.681. The Balaban J connectivity index is 2.64. The zero-order valence-corrected chi connectivity index (χ0v) is 11.8. The van der Waals surface area contributed by atoms with E-state index in [1.54, 1.807) is 6.08 Å². The van der Waals surface area contributed by atoms with Crippen LogP contribution in [-0.2, 0) is 19.1 Å². The molecule has 0 radical (unpaired) electrons. The Bertz CT molecular complexity index is 440. The van der Waals surface area contributed by atoms with Crippen LogP contribution in [0.5, 0.6) is 0 Å². The van der Waals surface area contributed by atoms with Crippen molar-refractivity contribution < 1.29 is 19.1 Å². The Labute approximate surface area is 118 Å². The molecule has 1 aliphatic rings. The zero-order chi connectivity index (χ0) is 15.0. The Hall–Kier alpha value is -2.11. The molecule has 1 unspecified atom stereocenters. The molecule has 1 aliphatic heterocycles. The normalized spacial score (nSPS) is 19.9. The number of carbonyl (C=O) groups excluding carboxylic acids is 3. The Morgan fingerprint density at radius 2 is 2.25 bits per heavy atom. The maximum absolute atomic E-state index is 12.0. The lowest BCUT2D eigenvalue weighted by Gasteiger charge is -2.21. The fraction of sp³-hybridized carbons (Fsp3) is 0.500. The van der Waals surface area contributed by atoms with Gasteiger partial charge >= 0.3 is 0 Å². The molecule has 1 rings (SSSR count). The van der Waals surface area contributed by atoms with Crippen molar-refractivity contribution in [2.75, 3.05) is 7.11 Å². The standard InChI is InChI=1S/C14H20N2O4/c1-3-4-5-6-10(9-20-2)13(18)15-11-7-8-12(17)16-14(11)19/h5-6,9,11H,3-4,7-8H2,1-2H3,(H,15,18)(H,16,17,19)/b6-5?,10-9+. The van der Waals surface area contributed by atoms with E-state index in [4.69, 9.17) is 4.74 Å². The monoisotopic (exact) mass is 280 g/mol. The van der Waals surface area contributed by atoms with E-state index in [1.807, 2.05) is 13.0 Å². The molecule has 0 aromatic rings. The van der Waals surface area contributed by atoms with Crippen molar-refractivity contribution in [1.29, 1.82) is 0 Å².